The lowest BCUT2D eigenvalue weighted by atomic mass is 10.1. The SMILES string of the molecule is CC(C)(C)N(NC(=O)Nc1ccccc1)C(=O)c1ccccc1. The number of amides is 3. The van der Waals surface area contributed by atoms with Gasteiger partial charge in [0.15, 0.2) is 0 Å². The largest absolute Gasteiger partial charge is 0.338 e. The second-order valence-corrected chi connectivity index (χ2v) is 6.11. The molecule has 0 saturated heterocycles. The van der Waals surface area contributed by atoms with Crippen LogP contribution in [0.25, 0.3) is 0 Å². The van der Waals surface area contributed by atoms with E-state index in [4.69, 9.17) is 0 Å². The van der Waals surface area contributed by atoms with Crippen LogP contribution >= 0.6 is 0 Å². The van der Waals surface area contributed by atoms with Gasteiger partial charge in [-0.1, -0.05) is 36.4 Å². The number of rotatable bonds is 2. The van der Waals surface area contributed by atoms with Crippen molar-refractivity contribution in [3.63, 3.8) is 0 Å². The summed E-state index contributed by atoms with van der Waals surface area (Å²) < 4.78 is 0. The number of carbonyl (C=O) groups excluding carboxylic acids is 2. The molecule has 2 rings (SSSR count). The van der Waals surface area contributed by atoms with Gasteiger partial charge in [-0.2, -0.15) is 0 Å². The Labute approximate surface area is 136 Å². The van der Waals surface area contributed by atoms with Crippen LogP contribution in [0.2, 0.25) is 0 Å². The van der Waals surface area contributed by atoms with E-state index >= 15 is 0 Å². The summed E-state index contributed by atoms with van der Waals surface area (Å²) in [5.41, 5.74) is 3.24. The molecule has 0 aliphatic heterocycles. The number of hydrazine groups is 1. The van der Waals surface area contributed by atoms with Crippen molar-refractivity contribution in [2.24, 2.45) is 0 Å². The number of benzene rings is 2. The van der Waals surface area contributed by atoms with Crippen LogP contribution in [0.5, 0.6) is 0 Å². The molecule has 0 atom stereocenters. The Balaban J connectivity index is 2.13. The summed E-state index contributed by atoms with van der Waals surface area (Å²) in [6, 6.07) is 17.5. The van der Waals surface area contributed by atoms with Crippen molar-refractivity contribution in [1.29, 1.82) is 0 Å². The molecule has 0 aromatic heterocycles. The summed E-state index contributed by atoms with van der Waals surface area (Å²) in [6.07, 6.45) is 0. The molecule has 5 nitrogen and oxygen atoms in total. The van der Waals surface area contributed by atoms with E-state index in [0.29, 0.717) is 11.3 Å². The quantitative estimate of drug-likeness (QED) is 0.831. The zero-order valence-corrected chi connectivity index (χ0v) is 13.5. The summed E-state index contributed by atoms with van der Waals surface area (Å²) >= 11 is 0. The normalized spacial score (nSPS) is 10.7. The first-order chi connectivity index (χ1) is 10.9. The molecule has 0 heterocycles. The predicted molar refractivity (Wildman–Crippen MR) is 91.0 cm³/mol. The molecule has 0 saturated carbocycles. The maximum absolute atomic E-state index is 12.7. The second-order valence-electron chi connectivity index (χ2n) is 6.11. The molecule has 0 spiro atoms. The molecule has 23 heavy (non-hydrogen) atoms. The van der Waals surface area contributed by atoms with E-state index in [-0.39, 0.29) is 5.91 Å². The van der Waals surface area contributed by atoms with Crippen molar-refractivity contribution >= 4 is 17.6 Å². The minimum Gasteiger partial charge on any atom is -0.307 e. The fourth-order valence-electron chi connectivity index (χ4n) is 2.02. The molecule has 0 fully saturated rings. The van der Waals surface area contributed by atoms with Crippen molar-refractivity contribution in [3.05, 3.63) is 66.2 Å². The molecule has 0 bridgehead atoms. The number of urea groups is 1. The summed E-state index contributed by atoms with van der Waals surface area (Å²) in [4.78, 5) is 24.9. The van der Waals surface area contributed by atoms with Gasteiger partial charge in [0.05, 0.1) is 5.54 Å². The Morgan fingerprint density at radius 2 is 1.39 bits per heavy atom. The fourth-order valence-corrected chi connectivity index (χ4v) is 2.02. The molecule has 0 aliphatic rings. The molecule has 2 aromatic rings. The van der Waals surface area contributed by atoms with Crippen molar-refractivity contribution in [2.45, 2.75) is 26.3 Å². The van der Waals surface area contributed by atoms with Crippen molar-refractivity contribution < 1.29 is 9.59 Å². The summed E-state index contributed by atoms with van der Waals surface area (Å²) in [7, 11) is 0. The lowest BCUT2D eigenvalue weighted by molar-refractivity contribution is 0.0460. The van der Waals surface area contributed by atoms with Crippen LogP contribution in [0.15, 0.2) is 60.7 Å². The molecule has 120 valence electrons. The molecule has 0 unspecified atom stereocenters. The Hall–Kier alpha value is -2.82. The summed E-state index contributed by atoms with van der Waals surface area (Å²) in [5, 5.41) is 4.04. The first-order valence-corrected chi connectivity index (χ1v) is 7.40. The Kier molecular flexibility index (Phi) is 5.01. The van der Waals surface area contributed by atoms with Gasteiger partial charge in [-0.25, -0.2) is 15.2 Å². The maximum atomic E-state index is 12.7. The van der Waals surface area contributed by atoms with Crippen LogP contribution in [0.3, 0.4) is 0 Å². The van der Waals surface area contributed by atoms with Crippen LogP contribution in [-0.4, -0.2) is 22.5 Å². The van der Waals surface area contributed by atoms with E-state index in [9.17, 15) is 9.59 Å². The smallest absolute Gasteiger partial charge is 0.307 e. The van der Waals surface area contributed by atoms with Crippen LogP contribution < -0.4 is 10.7 Å². The van der Waals surface area contributed by atoms with Gasteiger partial charge < -0.3 is 5.32 Å². The van der Waals surface area contributed by atoms with E-state index in [1.165, 1.54) is 5.01 Å². The zero-order valence-electron chi connectivity index (χ0n) is 13.5. The topological polar surface area (TPSA) is 61.4 Å². The lowest BCUT2D eigenvalue weighted by Gasteiger charge is -2.35. The van der Waals surface area contributed by atoms with Crippen molar-refractivity contribution in [2.75, 3.05) is 5.32 Å². The maximum Gasteiger partial charge on any atom is 0.338 e. The minimum atomic E-state index is -0.568. The average Bonchev–Trinajstić information content (AvgIpc) is 2.53. The number of carbonyl (C=O) groups is 2. The molecule has 0 aliphatic carbocycles. The molecule has 3 amide bonds. The van der Waals surface area contributed by atoms with E-state index in [1.807, 2.05) is 45.0 Å². The highest BCUT2D eigenvalue weighted by atomic mass is 16.2. The third-order valence-corrected chi connectivity index (χ3v) is 3.14. The monoisotopic (exact) mass is 311 g/mol. The molecule has 2 aromatic carbocycles. The fraction of sp³-hybridized carbons (Fsp3) is 0.222. The third-order valence-electron chi connectivity index (χ3n) is 3.14. The van der Waals surface area contributed by atoms with Gasteiger partial charge >= 0.3 is 6.03 Å². The first kappa shape index (κ1) is 16.5. The number of anilines is 1. The van der Waals surface area contributed by atoms with Crippen LogP contribution in [0.4, 0.5) is 10.5 Å². The van der Waals surface area contributed by atoms with E-state index in [0.717, 1.165) is 0 Å². The number of hydrogen-bond acceptors (Lipinski definition) is 2. The van der Waals surface area contributed by atoms with E-state index in [2.05, 4.69) is 10.7 Å². The highest BCUT2D eigenvalue weighted by molar-refractivity contribution is 5.97. The molecular weight excluding hydrogens is 290 g/mol. The third kappa shape index (κ3) is 4.57. The van der Waals surface area contributed by atoms with Crippen LogP contribution in [0.1, 0.15) is 31.1 Å². The highest BCUT2D eigenvalue weighted by Crippen LogP contribution is 2.15. The van der Waals surface area contributed by atoms with Gasteiger partial charge in [-0.15, -0.1) is 0 Å². The molecular formula is C18H21N3O2. The van der Waals surface area contributed by atoms with Gasteiger partial charge in [0, 0.05) is 11.3 Å². The van der Waals surface area contributed by atoms with Crippen LogP contribution in [-0.2, 0) is 0 Å². The molecule has 2 N–H and O–H groups in total. The summed E-state index contributed by atoms with van der Waals surface area (Å²) in [6.45, 7) is 5.57. The summed E-state index contributed by atoms with van der Waals surface area (Å²) in [5.74, 6) is -0.263. The number of hydrogen-bond donors (Lipinski definition) is 2. The standard InChI is InChI=1S/C18H21N3O2/c1-18(2,3)21(16(22)14-10-6-4-7-11-14)20-17(23)19-15-12-8-5-9-13-15/h4-13H,1-3H3,(H2,19,20,23). The Morgan fingerprint density at radius 3 is 1.91 bits per heavy atom. The Morgan fingerprint density at radius 1 is 0.870 bits per heavy atom. The van der Waals surface area contributed by atoms with Crippen molar-refractivity contribution in [3.8, 4) is 0 Å². The minimum absolute atomic E-state index is 0.263. The average molecular weight is 311 g/mol. The molecule has 0 radical (unpaired) electrons. The second kappa shape index (κ2) is 6.96. The van der Waals surface area contributed by atoms with E-state index in [1.54, 1.807) is 36.4 Å². The number of nitrogens with zero attached hydrogens (tertiary/aromatic N) is 1. The van der Waals surface area contributed by atoms with Gasteiger partial charge in [-0.3, -0.25) is 4.79 Å². The zero-order chi connectivity index (χ0) is 16.9. The highest BCUT2D eigenvalue weighted by Gasteiger charge is 2.29. The van der Waals surface area contributed by atoms with Gasteiger partial charge in [0.2, 0.25) is 0 Å². The first-order valence-electron chi connectivity index (χ1n) is 7.40. The van der Waals surface area contributed by atoms with Gasteiger partial charge in [-0.05, 0) is 45.0 Å². The Bertz CT molecular complexity index is 664. The lowest BCUT2D eigenvalue weighted by Crippen LogP contribution is -2.56. The number of nitrogens with one attached hydrogen (secondary N) is 2. The van der Waals surface area contributed by atoms with Gasteiger partial charge in [0.1, 0.15) is 0 Å². The predicted octanol–water partition coefficient (Wildman–Crippen LogP) is 3.66. The van der Waals surface area contributed by atoms with E-state index < -0.39 is 11.6 Å². The number of para-hydroxylation sites is 1. The van der Waals surface area contributed by atoms with Gasteiger partial charge in [0.25, 0.3) is 5.91 Å². The molecule has 5 heteroatoms. The van der Waals surface area contributed by atoms with Crippen LogP contribution in [0, 0.1) is 0 Å². The van der Waals surface area contributed by atoms with Crippen molar-refractivity contribution in [1.82, 2.24) is 10.4 Å².